The van der Waals surface area contributed by atoms with E-state index in [4.69, 9.17) is 5.73 Å². The molecule has 0 aliphatic heterocycles. The van der Waals surface area contributed by atoms with Gasteiger partial charge in [0.25, 0.3) is 0 Å². The second-order valence-corrected chi connectivity index (χ2v) is 4.62. The maximum atomic E-state index is 13.4. The summed E-state index contributed by atoms with van der Waals surface area (Å²) in [5, 5.41) is 0. The highest BCUT2D eigenvalue weighted by Gasteiger charge is 2.31. The van der Waals surface area contributed by atoms with Crippen LogP contribution in [0.5, 0.6) is 0 Å². The smallest absolute Gasteiger partial charge is 0.200 e. The van der Waals surface area contributed by atoms with Crippen molar-refractivity contribution in [3.8, 4) is 0 Å². The highest BCUT2D eigenvalue weighted by molar-refractivity contribution is 5.26. The number of benzene rings is 1. The maximum Gasteiger partial charge on any atom is 0.200 e. The van der Waals surface area contributed by atoms with Crippen molar-refractivity contribution >= 4 is 0 Å². The van der Waals surface area contributed by atoms with Gasteiger partial charge in [0.05, 0.1) is 0 Å². The van der Waals surface area contributed by atoms with Gasteiger partial charge in [0.1, 0.15) is 0 Å². The third kappa shape index (κ3) is 2.09. The second-order valence-electron chi connectivity index (χ2n) is 4.62. The molecular weight excluding hydrogens is 253 g/mol. The molecule has 1 unspecified atom stereocenters. The summed E-state index contributed by atoms with van der Waals surface area (Å²) in [5.74, 6) is -9.46. The average Bonchev–Trinajstić information content (AvgIpc) is 2.29. The Morgan fingerprint density at radius 1 is 0.889 bits per heavy atom. The molecule has 1 nitrogen and oxygen atoms in total. The van der Waals surface area contributed by atoms with Gasteiger partial charge < -0.3 is 5.73 Å². The van der Waals surface area contributed by atoms with Gasteiger partial charge in [-0.05, 0) is 12.3 Å². The molecule has 1 aliphatic rings. The van der Waals surface area contributed by atoms with Crippen molar-refractivity contribution in [3.63, 3.8) is 0 Å². The molecule has 2 N–H and O–H groups in total. The van der Waals surface area contributed by atoms with Crippen LogP contribution in [0.4, 0.5) is 22.0 Å². The van der Waals surface area contributed by atoms with Crippen LogP contribution >= 0.6 is 0 Å². The van der Waals surface area contributed by atoms with E-state index >= 15 is 0 Å². The van der Waals surface area contributed by atoms with Gasteiger partial charge in [-0.3, -0.25) is 0 Å². The molecule has 1 aromatic carbocycles. The Morgan fingerprint density at radius 3 is 1.72 bits per heavy atom. The molecule has 1 atom stereocenters. The van der Waals surface area contributed by atoms with Gasteiger partial charge in [-0.2, -0.15) is 0 Å². The minimum atomic E-state index is -2.15. The Labute approximate surface area is 101 Å². The van der Waals surface area contributed by atoms with Crippen molar-refractivity contribution in [2.75, 3.05) is 0 Å². The second kappa shape index (κ2) is 4.84. The van der Waals surface area contributed by atoms with Gasteiger partial charge in [0.2, 0.25) is 5.82 Å². The lowest BCUT2D eigenvalue weighted by Gasteiger charge is -2.28. The van der Waals surface area contributed by atoms with E-state index in [9.17, 15) is 22.0 Å². The van der Waals surface area contributed by atoms with Gasteiger partial charge in [-0.1, -0.05) is 19.3 Å². The Kier molecular flexibility index (Phi) is 3.56. The van der Waals surface area contributed by atoms with Crippen molar-refractivity contribution in [3.05, 3.63) is 34.6 Å². The highest BCUT2D eigenvalue weighted by atomic mass is 19.2. The lowest BCUT2D eigenvalue weighted by Crippen LogP contribution is -2.23. The molecule has 0 heterocycles. The third-order valence-electron chi connectivity index (χ3n) is 3.43. The highest BCUT2D eigenvalue weighted by Crippen LogP contribution is 2.36. The van der Waals surface area contributed by atoms with Crippen LogP contribution in [0, 0.1) is 35.0 Å². The zero-order valence-corrected chi connectivity index (χ0v) is 9.45. The van der Waals surface area contributed by atoms with E-state index in [0.29, 0.717) is 0 Å². The molecule has 0 amide bonds. The summed E-state index contributed by atoms with van der Waals surface area (Å²) < 4.78 is 65.6. The Hall–Kier alpha value is -1.17. The quantitative estimate of drug-likeness (QED) is 0.504. The first kappa shape index (κ1) is 13.3. The van der Waals surface area contributed by atoms with Gasteiger partial charge in [0.15, 0.2) is 23.3 Å². The van der Waals surface area contributed by atoms with Crippen LogP contribution < -0.4 is 5.73 Å². The third-order valence-corrected chi connectivity index (χ3v) is 3.43. The Balaban J connectivity index is 2.36. The van der Waals surface area contributed by atoms with E-state index < -0.39 is 40.7 Å². The fraction of sp³-hybridized carbons (Fsp3) is 0.500. The fourth-order valence-electron chi connectivity index (χ4n) is 2.15. The normalized spacial score (nSPS) is 17.7. The standard InChI is InChI=1S/C12H12F5N/c13-8-7(6(18)4-5-2-1-3-5)9(14)11(16)12(17)10(8)15/h5-6H,1-4,18H2. The van der Waals surface area contributed by atoms with Gasteiger partial charge >= 0.3 is 0 Å². The predicted molar refractivity (Wildman–Crippen MR) is 55.1 cm³/mol. The summed E-state index contributed by atoms with van der Waals surface area (Å²) in [5.41, 5.74) is 4.65. The molecule has 0 radical (unpaired) electrons. The fourth-order valence-corrected chi connectivity index (χ4v) is 2.15. The lowest BCUT2D eigenvalue weighted by atomic mass is 9.79. The first-order valence-electron chi connectivity index (χ1n) is 5.70. The number of halogens is 5. The molecule has 18 heavy (non-hydrogen) atoms. The zero-order valence-electron chi connectivity index (χ0n) is 9.45. The van der Waals surface area contributed by atoms with Crippen molar-refractivity contribution < 1.29 is 22.0 Å². The zero-order chi connectivity index (χ0) is 13.4. The summed E-state index contributed by atoms with van der Waals surface area (Å²) in [6.07, 6.45) is 3.00. The molecule has 100 valence electrons. The molecule has 1 aliphatic carbocycles. The molecular formula is C12H12F5N. The maximum absolute atomic E-state index is 13.4. The summed E-state index contributed by atoms with van der Waals surface area (Å²) in [6.45, 7) is 0. The largest absolute Gasteiger partial charge is 0.324 e. The molecule has 1 saturated carbocycles. The average molecular weight is 265 g/mol. The molecule has 1 aromatic rings. The topological polar surface area (TPSA) is 26.0 Å². The van der Waals surface area contributed by atoms with Crippen LogP contribution in [0.25, 0.3) is 0 Å². The molecule has 0 bridgehead atoms. The van der Waals surface area contributed by atoms with E-state index in [0.717, 1.165) is 19.3 Å². The van der Waals surface area contributed by atoms with Crippen LogP contribution in [-0.4, -0.2) is 0 Å². The number of hydrogen-bond donors (Lipinski definition) is 1. The summed E-state index contributed by atoms with van der Waals surface area (Å²) in [6, 6.07) is -1.17. The monoisotopic (exact) mass is 265 g/mol. The molecule has 1 fully saturated rings. The Bertz CT molecular complexity index is 441. The van der Waals surface area contributed by atoms with Crippen LogP contribution in [0.15, 0.2) is 0 Å². The van der Waals surface area contributed by atoms with Gasteiger partial charge in [0, 0.05) is 11.6 Å². The summed E-state index contributed by atoms with van der Waals surface area (Å²) in [7, 11) is 0. The van der Waals surface area contributed by atoms with E-state index in [2.05, 4.69) is 0 Å². The first-order chi connectivity index (χ1) is 8.43. The SMILES string of the molecule is NC(CC1CCC1)c1c(F)c(F)c(F)c(F)c1F. The summed E-state index contributed by atoms with van der Waals surface area (Å²) in [4.78, 5) is 0. The molecule has 0 aromatic heterocycles. The molecule has 0 spiro atoms. The van der Waals surface area contributed by atoms with E-state index in [-0.39, 0.29) is 12.3 Å². The molecule has 0 saturated heterocycles. The minimum Gasteiger partial charge on any atom is -0.324 e. The number of hydrogen-bond acceptors (Lipinski definition) is 1. The van der Waals surface area contributed by atoms with Gasteiger partial charge in [-0.15, -0.1) is 0 Å². The van der Waals surface area contributed by atoms with Gasteiger partial charge in [-0.25, -0.2) is 22.0 Å². The van der Waals surface area contributed by atoms with Crippen LogP contribution in [-0.2, 0) is 0 Å². The predicted octanol–water partition coefficient (Wildman–Crippen LogP) is 3.57. The van der Waals surface area contributed by atoms with Crippen LogP contribution in [0.3, 0.4) is 0 Å². The number of rotatable bonds is 3. The van der Waals surface area contributed by atoms with Crippen LogP contribution in [0.2, 0.25) is 0 Å². The first-order valence-corrected chi connectivity index (χ1v) is 5.70. The van der Waals surface area contributed by atoms with Crippen LogP contribution in [0.1, 0.15) is 37.3 Å². The van der Waals surface area contributed by atoms with E-state index in [1.165, 1.54) is 0 Å². The minimum absolute atomic E-state index is 0.204. The van der Waals surface area contributed by atoms with E-state index in [1.54, 1.807) is 0 Å². The Morgan fingerprint density at radius 2 is 1.33 bits per heavy atom. The van der Waals surface area contributed by atoms with Crippen molar-refractivity contribution in [2.24, 2.45) is 11.7 Å². The van der Waals surface area contributed by atoms with E-state index in [1.807, 2.05) is 0 Å². The van der Waals surface area contributed by atoms with Crippen molar-refractivity contribution in [2.45, 2.75) is 31.7 Å². The lowest BCUT2D eigenvalue weighted by molar-refractivity contribution is 0.269. The number of nitrogens with two attached hydrogens (primary N) is 1. The molecule has 6 heteroatoms. The molecule has 2 rings (SSSR count). The summed E-state index contributed by atoms with van der Waals surface area (Å²) >= 11 is 0. The van der Waals surface area contributed by atoms with Crippen molar-refractivity contribution in [1.29, 1.82) is 0 Å². The van der Waals surface area contributed by atoms with Crippen molar-refractivity contribution in [1.82, 2.24) is 0 Å².